The summed E-state index contributed by atoms with van der Waals surface area (Å²) in [6, 6.07) is 20.0. The van der Waals surface area contributed by atoms with Crippen LogP contribution in [0.2, 0.25) is 0 Å². The fourth-order valence-corrected chi connectivity index (χ4v) is 3.60. The Morgan fingerprint density at radius 2 is 1.39 bits per heavy atom. The van der Waals surface area contributed by atoms with Crippen LogP contribution in [0.4, 0.5) is 0 Å². The van der Waals surface area contributed by atoms with Crippen LogP contribution in [-0.2, 0) is 30.6 Å². The van der Waals surface area contributed by atoms with Crippen molar-refractivity contribution >= 4 is 16.9 Å². The van der Waals surface area contributed by atoms with E-state index in [-0.39, 0.29) is 16.9 Å². The molecule has 6 nitrogen and oxygen atoms in total. The third kappa shape index (κ3) is 5.28. The molecule has 0 fully saturated rings. The lowest BCUT2D eigenvalue weighted by Gasteiger charge is -2.13. The second kappa shape index (κ2) is 9.89. The number of aryl methyl sites for hydroxylation is 3. The molecule has 0 bridgehead atoms. The van der Waals surface area contributed by atoms with Gasteiger partial charge in [-0.15, -0.1) is 0 Å². The van der Waals surface area contributed by atoms with E-state index < -0.39 is 0 Å². The SMILES string of the molecule is O=C(CCc1ccccc1)CCc1nc2nccnc2c(=O)n1CCc1ccccc1. The Morgan fingerprint density at radius 1 is 0.774 bits per heavy atom. The van der Waals surface area contributed by atoms with Gasteiger partial charge < -0.3 is 0 Å². The van der Waals surface area contributed by atoms with Gasteiger partial charge in [0.05, 0.1) is 0 Å². The Kier molecular flexibility index (Phi) is 6.57. The molecule has 0 spiro atoms. The molecule has 0 saturated carbocycles. The van der Waals surface area contributed by atoms with Crippen molar-refractivity contribution in [1.82, 2.24) is 19.5 Å². The molecule has 2 aromatic heterocycles. The second-order valence-corrected chi connectivity index (χ2v) is 7.47. The van der Waals surface area contributed by atoms with Crippen molar-refractivity contribution in [3.63, 3.8) is 0 Å². The van der Waals surface area contributed by atoms with Crippen molar-refractivity contribution in [3.8, 4) is 0 Å². The first-order chi connectivity index (χ1) is 15.2. The van der Waals surface area contributed by atoms with E-state index in [2.05, 4.69) is 15.0 Å². The van der Waals surface area contributed by atoms with Crippen molar-refractivity contribution in [2.45, 2.75) is 38.6 Å². The van der Waals surface area contributed by atoms with E-state index in [1.54, 1.807) is 4.57 Å². The molecule has 0 unspecified atom stereocenters. The predicted octanol–water partition coefficient (Wildman–Crippen LogP) is 3.56. The summed E-state index contributed by atoms with van der Waals surface area (Å²) < 4.78 is 1.65. The highest BCUT2D eigenvalue weighted by Gasteiger charge is 2.14. The summed E-state index contributed by atoms with van der Waals surface area (Å²) in [6.07, 6.45) is 5.67. The number of hydrogen-bond donors (Lipinski definition) is 0. The zero-order valence-electron chi connectivity index (χ0n) is 17.3. The highest BCUT2D eigenvalue weighted by atomic mass is 16.1. The van der Waals surface area contributed by atoms with Crippen molar-refractivity contribution in [1.29, 1.82) is 0 Å². The molecule has 2 aromatic carbocycles. The highest BCUT2D eigenvalue weighted by molar-refractivity contribution is 5.78. The molecule has 4 rings (SSSR count). The molecule has 2 heterocycles. The van der Waals surface area contributed by atoms with E-state index in [1.165, 1.54) is 12.4 Å². The number of Topliss-reactive ketones (excluding diaryl/α,β-unsaturated/α-hetero) is 1. The van der Waals surface area contributed by atoms with E-state index in [9.17, 15) is 9.59 Å². The van der Waals surface area contributed by atoms with Gasteiger partial charge in [0.2, 0.25) is 0 Å². The van der Waals surface area contributed by atoms with Gasteiger partial charge in [0, 0.05) is 38.2 Å². The fourth-order valence-electron chi connectivity index (χ4n) is 3.60. The average molecular weight is 412 g/mol. The van der Waals surface area contributed by atoms with Crippen molar-refractivity contribution in [3.05, 3.63) is 100 Å². The molecule has 0 radical (unpaired) electrons. The molecule has 0 saturated heterocycles. The Labute approximate surface area is 180 Å². The number of carbonyl (C=O) groups excluding carboxylic acids is 1. The zero-order valence-corrected chi connectivity index (χ0v) is 17.3. The number of carbonyl (C=O) groups is 1. The van der Waals surface area contributed by atoms with Crippen LogP contribution in [0, 0.1) is 0 Å². The molecule has 0 aliphatic heterocycles. The standard InChI is InChI=1S/C25H24N4O2/c30-21(12-11-19-7-3-1-4-8-19)13-14-22-28-24-23(26-16-17-27-24)25(31)29(22)18-15-20-9-5-2-6-10-20/h1-10,16-17H,11-15,18H2. The third-order valence-electron chi connectivity index (χ3n) is 5.30. The van der Waals surface area contributed by atoms with E-state index in [0.29, 0.717) is 43.7 Å². The minimum Gasteiger partial charge on any atom is -0.300 e. The highest BCUT2D eigenvalue weighted by Crippen LogP contribution is 2.10. The lowest BCUT2D eigenvalue weighted by atomic mass is 10.0. The molecule has 0 N–H and O–H groups in total. The summed E-state index contributed by atoms with van der Waals surface area (Å²) in [5.41, 5.74) is 2.67. The predicted molar refractivity (Wildman–Crippen MR) is 120 cm³/mol. The maximum Gasteiger partial charge on any atom is 0.281 e. The van der Waals surface area contributed by atoms with Crippen LogP contribution in [0.15, 0.2) is 77.9 Å². The fraction of sp³-hybridized carbons (Fsp3) is 0.240. The summed E-state index contributed by atoms with van der Waals surface area (Å²) >= 11 is 0. The summed E-state index contributed by atoms with van der Waals surface area (Å²) in [5, 5.41) is 0. The van der Waals surface area contributed by atoms with Gasteiger partial charge in [0.1, 0.15) is 11.6 Å². The number of nitrogens with zero attached hydrogens (tertiary/aromatic N) is 4. The van der Waals surface area contributed by atoms with Crippen molar-refractivity contribution < 1.29 is 4.79 Å². The molecule has 0 aliphatic rings. The Balaban J connectivity index is 1.51. The smallest absolute Gasteiger partial charge is 0.281 e. The molecule has 0 aliphatic carbocycles. The summed E-state index contributed by atoms with van der Waals surface area (Å²) in [4.78, 5) is 38.5. The normalized spacial score (nSPS) is 11.0. The maximum absolute atomic E-state index is 13.1. The number of hydrogen-bond acceptors (Lipinski definition) is 5. The van der Waals surface area contributed by atoms with Crippen molar-refractivity contribution in [2.75, 3.05) is 0 Å². The van der Waals surface area contributed by atoms with Crippen LogP contribution in [0.5, 0.6) is 0 Å². The quantitative estimate of drug-likeness (QED) is 0.420. The first-order valence-electron chi connectivity index (χ1n) is 10.5. The molecule has 0 amide bonds. The van der Waals surface area contributed by atoms with Gasteiger partial charge in [-0.2, -0.15) is 0 Å². The van der Waals surface area contributed by atoms with Crippen LogP contribution in [0.3, 0.4) is 0 Å². The minimum absolute atomic E-state index is 0.159. The number of rotatable bonds is 9. The molecule has 31 heavy (non-hydrogen) atoms. The Morgan fingerprint density at radius 3 is 2.10 bits per heavy atom. The Bertz CT molecular complexity index is 1220. The number of fused-ring (bicyclic) bond motifs is 1. The first-order valence-corrected chi connectivity index (χ1v) is 10.5. The molecule has 6 heteroatoms. The summed E-state index contributed by atoms with van der Waals surface area (Å²) in [6.45, 7) is 0.482. The molecule has 156 valence electrons. The van der Waals surface area contributed by atoms with E-state index in [1.807, 2.05) is 60.7 Å². The van der Waals surface area contributed by atoms with Gasteiger partial charge in [0.25, 0.3) is 5.56 Å². The van der Waals surface area contributed by atoms with Crippen LogP contribution in [0.1, 0.15) is 29.8 Å². The van der Waals surface area contributed by atoms with E-state index in [0.717, 1.165) is 17.5 Å². The minimum atomic E-state index is -0.208. The van der Waals surface area contributed by atoms with Crippen LogP contribution in [0.25, 0.3) is 11.2 Å². The average Bonchev–Trinajstić information content (AvgIpc) is 2.82. The van der Waals surface area contributed by atoms with Crippen LogP contribution in [-0.4, -0.2) is 25.3 Å². The molecular formula is C25H24N4O2. The van der Waals surface area contributed by atoms with Gasteiger partial charge in [0.15, 0.2) is 11.2 Å². The maximum atomic E-state index is 13.1. The van der Waals surface area contributed by atoms with Gasteiger partial charge in [-0.05, 0) is 24.0 Å². The van der Waals surface area contributed by atoms with Crippen LogP contribution >= 0.6 is 0 Å². The van der Waals surface area contributed by atoms with Gasteiger partial charge in [-0.25, -0.2) is 15.0 Å². The number of aromatic nitrogens is 4. The first kappa shape index (κ1) is 20.6. The number of benzene rings is 2. The third-order valence-corrected chi connectivity index (χ3v) is 5.30. The summed E-state index contributed by atoms with van der Waals surface area (Å²) in [7, 11) is 0. The zero-order chi connectivity index (χ0) is 21.5. The Hall–Kier alpha value is -3.67. The van der Waals surface area contributed by atoms with Gasteiger partial charge in [-0.1, -0.05) is 60.7 Å². The topological polar surface area (TPSA) is 77.7 Å². The largest absolute Gasteiger partial charge is 0.300 e. The molecular weight excluding hydrogens is 388 g/mol. The monoisotopic (exact) mass is 412 g/mol. The van der Waals surface area contributed by atoms with Gasteiger partial charge >= 0.3 is 0 Å². The second-order valence-electron chi connectivity index (χ2n) is 7.47. The van der Waals surface area contributed by atoms with Gasteiger partial charge in [-0.3, -0.25) is 14.2 Å². The van der Waals surface area contributed by atoms with Crippen LogP contribution < -0.4 is 5.56 Å². The van der Waals surface area contributed by atoms with E-state index in [4.69, 9.17) is 0 Å². The lowest BCUT2D eigenvalue weighted by molar-refractivity contribution is -0.119. The number of ketones is 1. The summed E-state index contributed by atoms with van der Waals surface area (Å²) in [5.74, 6) is 0.744. The lowest BCUT2D eigenvalue weighted by Crippen LogP contribution is -2.27. The molecule has 0 atom stereocenters. The van der Waals surface area contributed by atoms with Crippen molar-refractivity contribution in [2.24, 2.45) is 0 Å². The van der Waals surface area contributed by atoms with E-state index >= 15 is 0 Å². The molecule has 4 aromatic rings.